The average Bonchev–Trinajstić information content (AvgIpc) is 3.23. The maximum Gasteiger partial charge on any atom is 0.416 e. The van der Waals surface area contributed by atoms with Crippen molar-refractivity contribution in [2.45, 2.75) is 64.8 Å². The van der Waals surface area contributed by atoms with E-state index in [0.717, 1.165) is 12.5 Å². The van der Waals surface area contributed by atoms with Crippen LogP contribution in [0.4, 0.5) is 13.2 Å². The lowest BCUT2D eigenvalue weighted by molar-refractivity contribution is -0.137. The van der Waals surface area contributed by atoms with Gasteiger partial charge in [-0.15, -0.1) is 0 Å². The Morgan fingerprint density at radius 3 is 2.58 bits per heavy atom. The Hall–Kier alpha value is -3.63. The van der Waals surface area contributed by atoms with Crippen LogP contribution in [0.1, 0.15) is 50.2 Å². The summed E-state index contributed by atoms with van der Waals surface area (Å²) in [6, 6.07) is 5.51. The highest BCUT2D eigenvalue weighted by Crippen LogP contribution is 2.49. The number of nitrogens with one attached hydrogen (secondary N) is 1. The topological polar surface area (TPSA) is 90.5 Å². The molecule has 36 heavy (non-hydrogen) atoms. The number of H-pyrrole nitrogens is 1. The van der Waals surface area contributed by atoms with E-state index in [1.165, 1.54) is 21.3 Å². The standard InChI is InChI=1S/C25H27F3N6O2/c1-3-8-33-22-20(23(35)34(9-4-2)24(33)36)30-21(31-22)17-12-29-32(14-17)13-16-11-19(16)15-6-5-7-18(10-15)25(26,27)28/h5-7,10,12,14,16,19H,3-4,8-9,11,13H2,1-2H3,(H,30,31). The smallest absolute Gasteiger partial charge is 0.332 e. The number of aryl methyl sites for hydroxylation is 1. The second kappa shape index (κ2) is 9.11. The predicted octanol–water partition coefficient (Wildman–Crippen LogP) is 4.39. The number of hydrogen-bond acceptors (Lipinski definition) is 4. The zero-order valence-electron chi connectivity index (χ0n) is 20.0. The quantitative estimate of drug-likeness (QED) is 0.389. The molecule has 190 valence electrons. The van der Waals surface area contributed by atoms with Gasteiger partial charge in [-0.05, 0) is 42.7 Å². The zero-order valence-corrected chi connectivity index (χ0v) is 20.0. The minimum atomic E-state index is -4.36. The molecule has 2 atom stereocenters. The van der Waals surface area contributed by atoms with Gasteiger partial charge in [0.2, 0.25) is 0 Å². The lowest BCUT2D eigenvalue weighted by Gasteiger charge is -2.09. The molecular formula is C25H27F3N6O2. The first-order valence-corrected chi connectivity index (χ1v) is 12.1. The normalized spacial score (nSPS) is 17.7. The monoisotopic (exact) mass is 500 g/mol. The molecule has 0 saturated heterocycles. The van der Waals surface area contributed by atoms with Crippen molar-refractivity contribution < 1.29 is 13.2 Å². The van der Waals surface area contributed by atoms with Crippen LogP contribution in [-0.2, 0) is 25.8 Å². The molecule has 8 nitrogen and oxygen atoms in total. The van der Waals surface area contributed by atoms with Gasteiger partial charge in [-0.3, -0.25) is 18.6 Å². The fourth-order valence-corrected chi connectivity index (χ4v) is 4.78. The molecule has 0 amide bonds. The molecule has 1 N–H and O–H groups in total. The van der Waals surface area contributed by atoms with Crippen LogP contribution in [0.5, 0.6) is 0 Å². The van der Waals surface area contributed by atoms with Gasteiger partial charge in [-0.2, -0.15) is 18.3 Å². The van der Waals surface area contributed by atoms with Gasteiger partial charge in [0.15, 0.2) is 5.65 Å². The lowest BCUT2D eigenvalue weighted by Crippen LogP contribution is -2.40. The van der Waals surface area contributed by atoms with E-state index in [9.17, 15) is 22.8 Å². The second-order valence-corrected chi connectivity index (χ2v) is 9.35. The van der Waals surface area contributed by atoms with Crippen molar-refractivity contribution in [1.29, 1.82) is 0 Å². The summed E-state index contributed by atoms with van der Waals surface area (Å²) in [5.41, 5.74) is 0.587. The van der Waals surface area contributed by atoms with Crippen molar-refractivity contribution >= 4 is 11.2 Å². The third kappa shape index (κ3) is 4.38. The maximum absolute atomic E-state index is 13.0. The SMILES string of the molecule is CCCn1c(=O)c2[nH]c(-c3cnn(CC4CC4c4cccc(C(F)(F)F)c4)c3)nc2n(CCC)c1=O. The van der Waals surface area contributed by atoms with Crippen molar-refractivity contribution in [3.8, 4) is 11.4 Å². The molecule has 1 fully saturated rings. The number of halogens is 3. The number of nitrogens with zero attached hydrogens (tertiary/aromatic N) is 5. The van der Waals surface area contributed by atoms with Crippen LogP contribution < -0.4 is 11.2 Å². The summed E-state index contributed by atoms with van der Waals surface area (Å²) >= 11 is 0. The number of hydrogen-bond donors (Lipinski definition) is 1. The van der Waals surface area contributed by atoms with Gasteiger partial charge in [0, 0.05) is 25.8 Å². The summed E-state index contributed by atoms with van der Waals surface area (Å²) < 4.78 is 43.7. The van der Waals surface area contributed by atoms with E-state index in [1.54, 1.807) is 23.1 Å². The van der Waals surface area contributed by atoms with Crippen LogP contribution in [0.15, 0.2) is 46.2 Å². The zero-order chi connectivity index (χ0) is 25.6. The molecule has 1 aliphatic carbocycles. The summed E-state index contributed by atoms with van der Waals surface area (Å²) in [6.07, 6.45) is 1.24. The molecule has 1 aliphatic rings. The highest BCUT2D eigenvalue weighted by atomic mass is 19.4. The minimum absolute atomic E-state index is 0.0617. The molecule has 0 bridgehead atoms. The number of alkyl halides is 3. The van der Waals surface area contributed by atoms with Crippen LogP contribution in [0.2, 0.25) is 0 Å². The van der Waals surface area contributed by atoms with Crippen molar-refractivity contribution in [2.24, 2.45) is 5.92 Å². The first kappa shape index (κ1) is 24.1. The van der Waals surface area contributed by atoms with Crippen LogP contribution in [0.25, 0.3) is 22.6 Å². The number of aromatic nitrogens is 6. The van der Waals surface area contributed by atoms with Crippen LogP contribution in [-0.4, -0.2) is 28.9 Å². The van der Waals surface area contributed by atoms with E-state index in [2.05, 4.69) is 15.1 Å². The van der Waals surface area contributed by atoms with E-state index in [4.69, 9.17) is 0 Å². The first-order chi connectivity index (χ1) is 17.2. The molecule has 2 unspecified atom stereocenters. The second-order valence-electron chi connectivity index (χ2n) is 9.35. The van der Waals surface area contributed by atoms with E-state index < -0.39 is 17.3 Å². The Bertz CT molecular complexity index is 1530. The van der Waals surface area contributed by atoms with Crippen molar-refractivity contribution in [3.05, 3.63) is 68.6 Å². The molecule has 1 aromatic carbocycles. The molecule has 0 radical (unpaired) electrons. The highest BCUT2D eigenvalue weighted by Gasteiger charge is 2.40. The van der Waals surface area contributed by atoms with Gasteiger partial charge < -0.3 is 4.98 Å². The summed E-state index contributed by atoms with van der Waals surface area (Å²) in [5, 5.41) is 4.40. The highest BCUT2D eigenvalue weighted by molar-refractivity contribution is 5.75. The Labute approximate surface area is 204 Å². The van der Waals surface area contributed by atoms with E-state index >= 15 is 0 Å². The van der Waals surface area contributed by atoms with Gasteiger partial charge in [0.05, 0.1) is 17.3 Å². The summed E-state index contributed by atoms with van der Waals surface area (Å²) in [6.45, 7) is 5.20. The number of benzene rings is 1. The van der Waals surface area contributed by atoms with Gasteiger partial charge >= 0.3 is 11.9 Å². The molecular weight excluding hydrogens is 473 g/mol. The third-order valence-corrected chi connectivity index (χ3v) is 6.65. The maximum atomic E-state index is 13.0. The molecule has 11 heteroatoms. The van der Waals surface area contributed by atoms with Crippen LogP contribution in [0, 0.1) is 5.92 Å². The Balaban J connectivity index is 1.39. The average molecular weight is 501 g/mol. The Morgan fingerprint density at radius 1 is 1.11 bits per heavy atom. The van der Waals surface area contributed by atoms with Gasteiger partial charge in [-0.1, -0.05) is 32.0 Å². The summed E-state index contributed by atoms with van der Waals surface area (Å²) in [7, 11) is 0. The molecule has 3 heterocycles. The van der Waals surface area contributed by atoms with Crippen molar-refractivity contribution in [1.82, 2.24) is 28.9 Å². The first-order valence-electron chi connectivity index (χ1n) is 12.1. The predicted molar refractivity (Wildman–Crippen MR) is 129 cm³/mol. The van der Waals surface area contributed by atoms with Gasteiger partial charge in [0.25, 0.3) is 5.56 Å². The molecule has 5 rings (SSSR count). The van der Waals surface area contributed by atoms with E-state index in [-0.39, 0.29) is 23.0 Å². The lowest BCUT2D eigenvalue weighted by atomic mass is 10.1. The molecule has 0 spiro atoms. The van der Waals surface area contributed by atoms with Gasteiger partial charge in [0.1, 0.15) is 11.3 Å². The molecule has 1 saturated carbocycles. The number of imidazole rings is 1. The number of fused-ring (bicyclic) bond motifs is 1. The third-order valence-electron chi connectivity index (χ3n) is 6.65. The number of rotatable bonds is 8. The largest absolute Gasteiger partial charge is 0.416 e. The molecule has 0 aliphatic heterocycles. The Morgan fingerprint density at radius 2 is 1.86 bits per heavy atom. The molecule has 3 aromatic heterocycles. The van der Waals surface area contributed by atoms with Crippen molar-refractivity contribution in [3.63, 3.8) is 0 Å². The summed E-state index contributed by atoms with van der Waals surface area (Å²) in [4.78, 5) is 33.5. The van der Waals surface area contributed by atoms with E-state index in [0.29, 0.717) is 55.1 Å². The number of aromatic amines is 1. The minimum Gasteiger partial charge on any atom is -0.332 e. The fourth-order valence-electron chi connectivity index (χ4n) is 4.78. The van der Waals surface area contributed by atoms with Crippen LogP contribution >= 0.6 is 0 Å². The Kier molecular flexibility index (Phi) is 6.09. The van der Waals surface area contributed by atoms with Crippen LogP contribution in [0.3, 0.4) is 0 Å². The summed E-state index contributed by atoms with van der Waals surface area (Å²) in [5.74, 6) is 0.691. The van der Waals surface area contributed by atoms with Crippen molar-refractivity contribution in [2.75, 3.05) is 0 Å². The van der Waals surface area contributed by atoms with Gasteiger partial charge in [-0.25, -0.2) is 9.78 Å². The fraction of sp³-hybridized carbons (Fsp3) is 0.440. The van der Waals surface area contributed by atoms with E-state index in [1.807, 2.05) is 13.8 Å². The molecule has 4 aromatic rings.